The molecule has 1 aromatic carbocycles. The molecule has 3 amide bonds. The van der Waals surface area contributed by atoms with Crippen LogP contribution >= 0.6 is 11.3 Å². The van der Waals surface area contributed by atoms with Crippen LogP contribution in [-0.4, -0.2) is 33.9 Å². The third-order valence-electron chi connectivity index (χ3n) is 4.48. The molecule has 0 aliphatic rings. The highest BCUT2D eigenvalue weighted by atomic mass is 32.1. The summed E-state index contributed by atoms with van der Waals surface area (Å²) < 4.78 is 0. The van der Waals surface area contributed by atoms with E-state index >= 15 is 0 Å². The number of hydrogen-bond acceptors (Lipinski definition) is 4. The number of aryl methyl sites for hydroxylation is 4. The summed E-state index contributed by atoms with van der Waals surface area (Å²) in [5.74, 6) is -0.213. The lowest BCUT2D eigenvalue weighted by atomic mass is 10.1. The van der Waals surface area contributed by atoms with Gasteiger partial charge in [-0.05, 0) is 66.5 Å². The highest BCUT2D eigenvalue weighted by Crippen LogP contribution is 2.27. The Hall–Kier alpha value is -2.41. The molecule has 0 saturated heterocycles. The number of carbonyl (C=O) groups excluding carboxylic acids is 2. The Morgan fingerprint density at radius 1 is 0.964 bits per heavy atom. The summed E-state index contributed by atoms with van der Waals surface area (Å²) in [6.07, 6.45) is 0. The van der Waals surface area contributed by atoms with E-state index in [1.807, 2.05) is 60.6 Å². The third-order valence-corrected chi connectivity index (χ3v) is 5.55. The quantitative estimate of drug-likeness (QED) is 0.714. The monoisotopic (exact) mass is 402 g/mol. The third kappa shape index (κ3) is 4.90. The van der Waals surface area contributed by atoms with Gasteiger partial charge in [0, 0.05) is 17.8 Å². The molecule has 0 bridgehead atoms. The second-order valence-electron chi connectivity index (χ2n) is 7.69. The van der Waals surface area contributed by atoms with Crippen molar-refractivity contribution in [1.29, 1.82) is 0 Å². The van der Waals surface area contributed by atoms with E-state index in [4.69, 9.17) is 0 Å². The molecule has 2 N–H and O–H groups in total. The number of anilines is 2. The van der Waals surface area contributed by atoms with Crippen LogP contribution in [0.2, 0.25) is 0 Å². The first-order valence-electron chi connectivity index (χ1n) is 9.47. The number of nitrogens with one attached hydrogen (secondary N) is 2. The van der Waals surface area contributed by atoms with Gasteiger partial charge in [0.2, 0.25) is 0 Å². The standard InChI is InChI=1S/C21H30N4O2S/c1-11(2)25(12(3)4)21(27)24-20-22-16(8)18(28-20)19(26)23-17-14(6)9-13(5)10-15(17)7/h9-12H,1-8H3,(H,23,26)(H,22,24,27). The summed E-state index contributed by atoms with van der Waals surface area (Å²) in [5, 5.41) is 6.25. The number of benzene rings is 1. The highest BCUT2D eigenvalue weighted by Gasteiger charge is 2.23. The highest BCUT2D eigenvalue weighted by molar-refractivity contribution is 7.17. The lowest BCUT2D eigenvalue weighted by Crippen LogP contribution is -2.44. The Bertz CT molecular complexity index is 856. The van der Waals surface area contributed by atoms with E-state index in [1.54, 1.807) is 11.8 Å². The first-order chi connectivity index (χ1) is 13.0. The Morgan fingerprint density at radius 3 is 2.00 bits per heavy atom. The van der Waals surface area contributed by atoms with E-state index < -0.39 is 0 Å². The predicted octanol–water partition coefficient (Wildman–Crippen LogP) is 5.28. The summed E-state index contributed by atoms with van der Waals surface area (Å²) >= 11 is 1.19. The van der Waals surface area contributed by atoms with Crippen LogP contribution in [0, 0.1) is 27.7 Å². The summed E-state index contributed by atoms with van der Waals surface area (Å²) in [5.41, 5.74) is 4.62. The molecule has 2 rings (SSSR count). The van der Waals surface area contributed by atoms with Crippen LogP contribution in [0.4, 0.5) is 15.6 Å². The van der Waals surface area contributed by atoms with Crippen molar-refractivity contribution in [3.8, 4) is 0 Å². The molecule has 0 fully saturated rings. The van der Waals surface area contributed by atoms with E-state index in [0.29, 0.717) is 15.7 Å². The number of thiazole rings is 1. The molecule has 1 heterocycles. The zero-order chi connectivity index (χ0) is 21.2. The minimum absolute atomic E-state index is 0.0660. The Labute approximate surface area is 171 Å². The van der Waals surface area contributed by atoms with Crippen LogP contribution in [0.15, 0.2) is 12.1 Å². The van der Waals surface area contributed by atoms with E-state index in [-0.39, 0.29) is 24.0 Å². The summed E-state index contributed by atoms with van der Waals surface area (Å²) in [4.78, 5) is 32.0. The summed E-state index contributed by atoms with van der Waals surface area (Å²) in [7, 11) is 0. The van der Waals surface area contributed by atoms with Crippen molar-refractivity contribution < 1.29 is 9.59 Å². The molecule has 6 nitrogen and oxygen atoms in total. The van der Waals surface area contributed by atoms with Crippen molar-refractivity contribution in [2.45, 2.75) is 67.5 Å². The van der Waals surface area contributed by atoms with Crippen LogP contribution in [-0.2, 0) is 0 Å². The topological polar surface area (TPSA) is 74.3 Å². The van der Waals surface area contributed by atoms with E-state index in [1.165, 1.54) is 11.3 Å². The maximum Gasteiger partial charge on any atom is 0.324 e. The molecule has 1 aromatic heterocycles. The molecule has 7 heteroatoms. The molecule has 28 heavy (non-hydrogen) atoms. The van der Waals surface area contributed by atoms with E-state index in [0.717, 1.165) is 22.4 Å². The van der Waals surface area contributed by atoms with Gasteiger partial charge in [0.05, 0.1) is 5.69 Å². The van der Waals surface area contributed by atoms with Crippen LogP contribution in [0.1, 0.15) is 59.8 Å². The van der Waals surface area contributed by atoms with Gasteiger partial charge in [0.15, 0.2) is 5.13 Å². The zero-order valence-corrected chi connectivity index (χ0v) is 18.7. The molecule has 0 unspecified atom stereocenters. The first-order valence-corrected chi connectivity index (χ1v) is 10.3. The first kappa shape index (κ1) is 21.9. The van der Waals surface area contributed by atoms with Gasteiger partial charge < -0.3 is 10.2 Å². The molecular weight excluding hydrogens is 372 g/mol. The normalized spacial score (nSPS) is 11.1. The van der Waals surface area contributed by atoms with Gasteiger partial charge in [0.25, 0.3) is 5.91 Å². The molecule has 0 atom stereocenters. The van der Waals surface area contributed by atoms with E-state index in [2.05, 4.69) is 15.6 Å². The Balaban J connectivity index is 2.20. The SMILES string of the molecule is Cc1cc(C)c(NC(=O)c2sc(NC(=O)N(C(C)C)C(C)C)nc2C)c(C)c1. The van der Waals surface area contributed by atoms with Gasteiger partial charge in [-0.15, -0.1) is 0 Å². The summed E-state index contributed by atoms with van der Waals surface area (Å²) in [6.45, 7) is 15.6. The molecular formula is C21H30N4O2S. The number of carbonyl (C=O) groups is 2. The van der Waals surface area contributed by atoms with Crippen molar-refractivity contribution in [3.63, 3.8) is 0 Å². The number of amides is 3. The van der Waals surface area contributed by atoms with Crippen molar-refractivity contribution in [2.75, 3.05) is 10.6 Å². The number of nitrogens with zero attached hydrogens (tertiary/aromatic N) is 2. The fourth-order valence-corrected chi connectivity index (χ4v) is 4.28. The number of aromatic nitrogens is 1. The van der Waals surface area contributed by atoms with Gasteiger partial charge in [-0.2, -0.15) is 0 Å². The molecule has 0 aliphatic carbocycles. The maximum atomic E-state index is 12.8. The second kappa shape index (κ2) is 8.73. The minimum atomic E-state index is -0.213. The summed E-state index contributed by atoms with van der Waals surface area (Å²) in [6, 6.07) is 4.00. The zero-order valence-electron chi connectivity index (χ0n) is 17.9. The Morgan fingerprint density at radius 2 is 1.50 bits per heavy atom. The molecule has 152 valence electrons. The average molecular weight is 403 g/mol. The van der Waals surface area contributed by atoms with Crippen LogP contribution in [0.5, 0.6) is 0 Å². The van der Waals surface area contributed by atoms with Crippen molar-refractivity contribution in [1.82, 2.24) is 9.88 Å². The molecule has 2 aromatic rings. The Kier molecular flexibility index (Phi) is 6.82. The maximum absolute atomic E-state index is 12.8. The fourth-order valence-electron chi connectivity index (χ4n) is 3.43. The molecule has 0 spiro atoms. The van der Waals surface area contributed by atoms with Gasteiger partial charge in [-0.3, -0.25) is 10.1 Å². The minimum Gasteiger partial charge on any atom is -0.321 e. The van der Waals surface area contributed by atoms with Crippen LogP contribution in [0.25, 0.3) is 0 Å². The van der Waals surface area contributed by atoms with Gasteiger partial charge in [-0.1, -0.05) is 29.0 Å². The van der Waals surface area contributed by atoms with Crippen molar-refractivity contribution >= 4 is 34.1 Å². The lowest BCUT2D eigenvalue weighted by molar-refractivity contribution is 0.102. The van der Waals surface area contributed by atoms with Crippen molar-refractivity contribution in [3.05, 3.63) is 39.4 Å². The fraction of sp³-hybridized carbons (Fsp3) is 0.476. The second-order valence-corrected chi connectivity index (χ2v) is 8.69. The average Bonchev–Trinajstić information content (AvgIpc) is 2.90. The molecule has 0 saturated carbocycles. The largest absolute Gasteiger partial charge is 0.324 e. The van der Waals surface area contributed by atoms with Crippen molar-refractivity contribution in [2.24, 2.45) is 0 Å². The molecule has 0 radical (unpaired) electrons. The lowest BCUT2D eigenvalue weighted by Gasteiger charge is -2.30. The number of rotatable bonds is 5. The van der Waals surface area contributed by atoms with Gasteiger partial charge in [0.1, 0.15) is 4.88 Å². The van der Waals surface area contributed by atoms with E-state index in [9.17, 15) is 9.59 Å². The van der Waals surface area contributed by atoms with Gasteiger partial charge >= 0.3 is 6.03 Å². The van der Waals surface area contributed by atoms with Crippen LogP contribution < -0.4 is 10.6 Å². The van der Waals surface area contributed by atoms with Crippen LogP contribution in [0.3, 0.4) is 0 Å². The number of urea groups is 1. The molecule has 0 aliphatic heterocycles. The van der Waals surface area contributed by atoms with Gasteiger partial charge in [-0.25, -0.2) is 9.78 Å². The predicted molar refractivity (Wildman–Crippen MR) is 117 cm³/mol. The smallest absolute Gasteiger partial charge is 0.321 e. The number of hydrogen-bond donors (Lipinski definition) is 2.